The molecule has 2 atom stereocenters. The average molecular weight is 469 g/mol. The molecule has 1 aliphatic rings. The number of hydrogen-bond donors (Lipinski definition) is 1. The number of carbonyl (C=O) groups is 1. The van der Waals surface area contributed by atoms with Crippen LogP contribution in [0, 0.1) is 18.8 Å². The first-order chi connectivity index (χ1) is 15.2. The predicted octanol–water partition coefficient (Wildman–Crippen LogP) is 5.64. The molecule has 2 aromatic carbocycles. The van der Waals surface area contributed by atoms with Gasteiger partial charge in [-0.15, -0.1) is 11.3 Å². The number of thiophene rings is 1. The molecule has 7 heteroatoms. The van der Waals surface area contributed by atoms with E-state index in [4.69, 9.17) is 0 Å². The first-order valence-electron chi connectivity index (χ1n) is 10.8. The van der Waals surface area contributed by atoms with Gasteiger partial charge in [0.05, 0.1) is 9.77 Å². The summed E-state index contributed by atoms with van der Waals surface area (Å²) in [5.74, 6) is 0.499. The highest BCUT2D eigenvalue weighted by Crippen LogP contribution is 2.33. The zero-order valence-corrected chi connectivity index (χ0v) is 20.2. The van der Waals surface area contributed by atoms with Gasteiger partial charge in [0, 0.05) is 23.7 Å². The summed E-state index contributed by atoms with van der Waals surface area (Å²) in [6.45, 7) is 7.27. The smallest absolute Gasteiger partial charge is 0.265 e. The van der Waals surface area contributed by atoms with Gasteiger partial charge >= 0.3 is 0 Å². The normalized spacial score (nSPS) is 19.6. The maximum atomic E-state index is 13.0. The molecular formula is C25H28N2O3S2. The van der Waals surface area contributed by atoms with Crippen LogP contribution in [-0.4, -0.2) is 31.7 Å². The number of piperidine rings is 1. The van der Waals surface area contributed by atoms with Crippen molar-refractivity contribution in [3.63, 3.8) is 0 Å². The zero-order valence-electron chi connectivity index (χ0n) is 18.5. The molecule has 168 valence electrons. The molecule has 1 aliphatic heterocycles. The minimum Gasteiger partial charge on any atom is -0.321 e. The SMILES string of the molecule is Cc1cc(C(=O)Nc2ccc(S(=O)(=O)N3CC(C)CC(C)C3)cc2)sc1-c1ccccc1. The van der Waals surface area contributed by atoms with E-state index in [0.29, 0.717) is 35.5 Å². The summed E-state index contributed by atoms with van der Waals surface area (Å²) in [5.41, 5.74) is 2.71. The molecule has 3 aromatic rings. The van der Waals surface area contributed by atoms with Gasteiger partial charge in [0.15, 0.2) is 0 Å². The Labute approximate surface area is 194 Å². The molecule has 32 heavy (non-hydrogen) atoms. The Bertz CT molecular complexity index is 1190. The topological polar surface area (TPSA) is 66.5 Å². The van der Waals surface area contributed by atoms with Crippen molar-refractivity contribution in [3.8, 4) is 10.4 Å². The number of rotatable bonds is 5. The number of benzene rings is 2. The molecule has 4 rings (SSSR count). The molecule has 1 aromatic heterocycles. The van der Waals surface area contributed by atoms with Crippen LogP contribution in [0.25, 0.3) is 10.4 Å². The quantitative estimate of drug-likeness (QED) is 0.527. The molecule has 0 radical (unpaired) electrons. The highest BCUT2D eigenvalue weighted by atomic mass is 32.2. The van der Waals surface area contributed by atoms with E-state index < -0.39 is 10.0 Å². The molecule has 5 nitrogen and oxygen atoms in total. The summed E-state index contributed by atoms with van der Waals surface area (Å²) < 4.78 is 27.7. The summed E-state index contributed by atoms with van der Waals surface area (Å²) in [5, 5.41) is 2.89. The van der Waals surface area contributed by atoms with Gasteiger partial charge < -0.3 is 5.32 Å². The number of hydrogen-bond acceptors (Lipinski definition) is 4. The second kappa shape index (κ2) is 9.17. The number of amides is 1. The van der Waals surface area contributed by atoms with Crippen LogP contribution in [0.15, 0.2) is 65.6 Å². The third-order valence-electron chi connectivity index (χ3n) is 5.76. The van der Waals surface area contributed by atoms with E-state index >= 15 is 0 Å². The Kier molecular flexibility index (Phi) is 6.51. The van der Waals surface area contributed by atoms with Crippen LogP contribution in [-0.2, 0) is 10.0 Å². The van der Waals surface area contributed by atoms with E-state index in [0.717, 1.165) is 22.4 Å². The fraction of sp³-hybridized carbons (Fsp3) is 0.320. The van der Waals surface area contributed by atoms with Crippen LogP contribution in [0.1, 0.15) is 35.5 Å². The second-order valence-corrected chi connectivity index (χ2v) is 11.7. The standard InChI is InChI=1S/C25H28N2O3S2/c1-17-13-18(2)16-27(15-17)32(29,30)22-11-9-21(10-12-22)26-25(28)23-14-19(3)24(31-23)20-7-5-4-6-8-20/h4-12,14,17-18H,13,15-16H2,1-3H3,(H,26,28). The lowest BCUT2D eigenvalue weighted by Gasteiger charge is -2.34. The third-order valence-corrected chi connectivity index (χ3v) is 8.89. The largest absolute Gasteiger partial charge is 0.321 e. The van der Waals surface area contributed by atoms with Crippen molar-refractivity contribution in [2.45, 2.75) is 32.1 Å². The first-order valence-corrected chi connectivity index (χ1v) is 13.1. The van der Waals surface area contributed by atoms with Gasteiger partial charge in [-0.3, -0.25) is 4.79 Å². The van der Waals surface area contributed by atoms with Crippen LogP contribution in [0.2, 0.25) is 0 Å². The molecule has 1 N–H and O–H groups in total. The van der Waals surface area contributed by atoms with Gasteiger partial charge in [0.25, 0.3) is 5.91 Å². The van der Waals surface area contributed by atoms with Crippen molar-refractivity contribution in [1.29, 1.82) is 0 Å². The lowest BCUT2D eigenvalue weighted by Crippen LogP contribution is -2.42. The van der Waals surface area contributed by atoms with E-state index in [9.17, 15) is 13.2 Å². The van der Waals surface area contributed by atoms with E-state index in [1.165, 1.54) is 11.3 Å². The highest BCUT2D eigenvalue weighted by Gasteiger charge is 2.31. The summed E-state index contributed by atoms with van der Waals surface area (Å²) >= 11 is 1.45. The molecule has 0 bridgehead atoms. The fourth-order valence-electron chi connectivity index (χ4n) is 4.32. The van der Waals surface area contributed by atoms with Crippen molar-refractivity contribution in [2.24, 2.45) is 11.8 Å². The molecule has 1 saturated heterocycles. The van der Waals surface area contributed by atoms with E-state index in [2.05, 4.69) is 19.2 Å². The molecular weight excluding hydrogens is 440 g/mol. The number of sulfonamides is 1. The molecule has 1 fully saturated rings. The molecule has 1 amide bonds. The highest BCUT2D eigenvalue weighted by molar-refractivity contribution is 7.89. The maximum absolute atomic E-state index is 13.0. The van der Waals surface area contributed by atoms with Gasteiger partial charge in [-0.05, 0) is 66.6 Å². The van der Waals surface area contributed by atoms with Crippen LogP contribution < -0.4 is 5.32 Å². The Morgan fingerprint density at radius 1 is 1.00 bits per heavy atom. The molecule has 0 saturated carbocycles. The Morgan fingerprint density at radius 2 is 1.62 bits per heavy atom. The molecule has 2 heterocycles. The van der Waals surface area contributed by atoms with Crippen LogP contribution >= 0.6 is 11.3 Å². The number of nitrogens with one attached hydrogen (secondary N) is 1. The predicted molar refractivity (Wildman–Crippen MR) is 131 cm³/mol. The number of nitrogens with zero attached hydrogens (tertiary/aromatic N) is 1. The molecule has 0 spiro atoms. The molecule has 0 aliphatic carbocycles. The summed E-state index contributed by atoms with van der Waals surface area (Å²) in [4.78, 5) is 14.7. The number of aryl methyl sites for hydroxylation is 1. The Morgan fingerprint density at radius 3 is 2.25 bits per heavy atom. The minimum absolute atomic E-state index is 0.199. The lowest BCUT2D eigenvalue weighted by atomic mass is 9.94. The fourth-order valence-corrected chi connectivity index (χ4v) is 7.08. The zero-order chi connectivity index (χ0) is 22.9. The van der Waals surface area contributed by atoms with Crippen molar-refractivity contribution in [1.82, 2.24) is 4.31 Å². The maximum Gasteiger partial charge on any atom is 0.265 e. The van der Waals surface area contributed by atoms with Gasteiger partial charge in [-0.1, -0.05) is 44.2 Å². The average Bonchev–Trinajstić information content (AvgIpc) is 3.16. The van der Waals surface area contributed by atoms with Crippen LogP contribution in [0.3, 0.4) is 0 Å². The minimum atomic E-state index is -3.54. The van der Waals surface area contributed by atoms with Gasteiger partial charge in [-0.2, -0.15) is 4.31 Å². The van der Waals surface area contributed by atoms with E-state index in [1.807, 2.05) is 43.3 Å². The summed E-state index contributed by atoms with van der Waals surface area (Å²) in [6.07, 6.45) is 1.05. The van der Waals surface area contributed by atoms with Crippen molar-refractivity contribution < 1.29 is 13.2 Å². The van der Waals surface area contributed by atoms with Gasteiger partial charge in [-0.25, -0.2) is 8.42 Å². The van der Waals surface area contributed by atoms with Crippen molar-refractivity contribution in [2.75, 3.05) is 18.4 Å². The monoisotopic (exact) mass is 468 g/mol. The summed E-state index contributed by atoms with van der Waals surface area (Å²) in [7, 11) is -3.54. The van der Waals surface area contributed by atoms with Crippen LogP contribution in [0.4, 0.5) is 5.69 Å². The Hall–Kier alpha value is -2.48. The van der Waals surface area contributed by atoms with E-state index in [-0.39, 0.29) is 10.8 Å². The van der Waals surface area contributed by atoms with Gasteiger partial charge in [0.1, 0.15) is 0 Å². The molecule has 2 unspecified atom stereocenters. The lowest BCUT2D eigenvalue weighted by molar-refractivity contribution is 0.103. The van der Waals surface area contributed by atoms with Crippen molar-refractivity contribution in [3.05, 3.63) is 71.1 Å². The third kappa shape index (κ3) is 4.80. The first kappa shape index (κ1) is 22.7. The second-order valence-electron chi connectivity index (χ2n) is 8.74. The number of carbonyl (C=O) groups excluding carboxylic acids is 1. The van der Waals surface area contributed by atoms with Gasteiger partial charge in [0.2, 0.25) is 10.0 Å². The van der Waals surface area contributed by atoms with Crippen LogP contribution in [0.5, 0.6) is 0 Å². The van der Waals surface area contributed by atoms with E-state index in [1.54, 1.807) is 28.6 Å². The van der Waals surface area contributed by atoms with Crippen molar-refractivity contribution >= 4 is 33.0 Å². The summed E-state index contributed by atoms with van der Waals surface area (Å²) in [6, 6.07) is 18.3. The Balaban J connectivity index is 1.48. The number of anilines is 1.